The van der Waals surface area contributed by atoms with Crippen molar-refractivity contribution in [1.29, 1.82) is 0 Å². The van der Waals surface area contributed by atoms with E-state index in [-0.39, 0.29) is 17.9 Å². The molecule has 0 fully saturated rings. The van der Waals surface area contributed by atoms with E-state index in [1.807, 2.05) is 36.4 Å². The molecule has 0 saturated heterocycles. The van der Waals surface area contributed by atoms with Crippen molar-refractivity contribution >= 4 is 40.3 Å². The SMILES string of the molecule is CCCCCCN(C(=O)C(CC(N)=O)NC(=O)OC(C)(C)C)C(C(=O)Nc1ccc2ccccc2c1)c1ccccc1O. The van der Waals surface area contributed by atoms with Gasteiger partial charge in [0.25, 0.3) is 5.91 Å². The van der Waals surface area contributed by atoms with Gasteiger partial charge in [-0.25, -0.2) is 4.79 Å². The number of para-hydroxylation sites is 1. The van der Waals surface area contributed by atoms with E-state index in [2.05, 4.69) is 17.6 Å². The monoisotopic (exact) mass is 590 g/mol. The maximum absolute atomic E-state index is 14.2. The summed E-state index contributed by atoms with van der Waals surface area (Å²) in [5, 5.41) is 18.1. The Morgan fingerprint density at radius 3 is 2.26 bits per heavy atom. The number of phenols is 1. The van der Waals surface area contributed by atoms with Gasteiger partial charge in [0.2, 0.25) is 11.8 Å². The first kappa shape index (κ1) is 32.9. The molecule has 0 saturated carbocycles. The molecule has 10 nitrogen and oxygen atoms in total. The number of carbonyl (C=O) groups excluding carboxylic acids is 4. The third kappa shape index (κ3) is 9.73. The summed E-state index contributed by atoms with van der Waals surface area (Å²) < 4.78 is 5.33. The average molecular weight is 591 g/mol. The maximum Gasteiger partial charge on any atom is 0.408 e. The number of nitrogens with one attached hydrogen (secondary N) is 2. The average Bonchev–Trinajstić information content (AvgIpc) is 2.93. The van der Waals surface area contributed by atoms with Gasteiger partial charge in [-0.2, -0.15) is 0 Å². The first-order valence-corrected chi connectivity index (χ1v) is 14.6. The molecule has 0 bridgehead atoms. The summed E-state index contributed by atoms with van der Waals surface area (Å²) in [6.07, 6.45) is 1.77. The zero-order valence-electron chi connectivity index (χ0n) is 25.3. The molecule has 43 heavy (non-hydrogen) atoms. The van der Waals surface area contributed by atoms with Gasteiger partial charge in [0.15, 0.2) is 0 Å². The number of nitrogens with two attached hydrogens (primary N) is 1. The normalized spacial score (nSPS) is 12.7. The Kier molecular flexibility index (Phi) is 11.5. The fourth-order valence-corrected chi connectivity index (χ4v) is 4.77. The summed E-state index contributed by atoms with van der Waals surface area (Å²) in [6, 6.07) is 16.7. The van der Waals surface area contributed by atoms with Crippen LogP contribution < -0.4 is 16.4 Å². The summed E-state index contributed by atoms with van der Waals surface area (Å²) in [6.45, 7) is 7.18. The zero-order valence-corrected chi connectivity index (χ0v) is 25.3. The highest BCUT2D eigenvalue weighted by Crippen LogP contribution is 2.32. The van der Waals surface area contributed by atoms with E-state index >= 15 is 0 Å². The van der Waals surface area contributed by atoms with Crippen molar-refractivity contribution < 1.29 is 29.0 Å². The molecule has 0 heterocycles. The smallest absolute Gasteiger partial charge is 0.408 e. The van der Waals surface area contributed by atoms with Gasteiger partial charge in [-0.15, -0.1) is 0 Å². The molecule has 10 heteroatoms. The van der Waals surface area contributed by atoms with Crippen molar-refractivity contribution in [3.8, 4) is 5.75 Å². The number of nitrogens with zero attached hydrogens (tertiary/aromatic N) is 1. The van der Waals surface area contributed by atoms with E-state index in [0.29, 0.717) is 12.1 Å². The van der Waals surface area contributed by atoms with Gasteiger partial charge >= 0.3 is 6.09 Å². The molecule has 3 aromatic carbocycles. The van der Waals surface area contributed by atoms with Crippen LogP contribution in [0.5, 0.6) is 5.75 Å². The Labute approximate surface area is 252 Å². The van der Waals surface area contributed by atoms with E-state index in [4.69, 9.17) is 10.5 Å². The third-order valence-electron chi connectivity index (χ3n) is 6.74. The predicted molar refractivity (Wildman–Crippen MR) is 166 cm³/mol. The Morgan fingerprint density at radius 2 is 1.60 bits per heavy atom. The molecular weight excluding hydrogens is 548 g/mol. The minimum Gasteiger partial charge on any atom is -0.508 e. The molecule has 0 radical (unpaired) electrons. The van der Waals surface area contributed by atoms with E-state index in [9.17, 15) is 24.3 Å². The van der Waals surface area contributed by atoms with E-state index in [1.165, 1.54) is 11.0 Å². The lowest BCUT2D eigenvalue weighted by Gasteiger charge is -2.34. The number of hydrogen-bond acceptors (Lipinski definition) is 6. The van der Waals surface area contributed by atoms with Crippen LogP contribution in [-0.4, -0.2) is 52.0 Å². The molecule has 2 unspecified atom stereocenters. The molecule has 3 aromatic rings. The molecule has 0 aliphatic heterocycles. The van der Waals surface area contributed by atoms with Crippen molar-refractivity contribution in [2.75, 3.05) is 11.9 Å². The topological polar surface area (TPSA) is 151 Å². The molecule has 0 aliphatic rings. The van der Waals surface area contributed by atoms with Crippen LogP contribution in [0.25, 0.3) is 10.8 Å². The quantitative estimate of drug-likeness (QED) is 0.196. The Hall–Kier alpha value is -4.60. The summed E-state index contributed by atoms with van der Waals surface area (Å²) in [4.78, 5) is 54.3. The lowest BCUT2D eigenvalue weighted by molar-refractivity contribution is -0.142. The lowest BCUT2D eigenvalue weighted by atomic mass is 10.00. The molecule has 230 valence electrons. The lowest BCUT2D eigenvalue weighted by Crippen LogP contribution is -2.53. The number of aromatic hydroxyl groups is 1. The van der Waals surface area contributed by atoms with Crippen LogP contribution in [0.1, 0.15) is 71.4 Å². The van der Waals surface area contributed by atoms with Crippen LogP contribution >= 0.6 is 0 Å². The van der Waals surface area contributed by atoms with Crippen LogP contribution in [-0.2, 0) is 19.1 Å². The summed E-state index contributed by atoms with van der Waals surface area (Å²) in [7, 11) is 0. The maximum atomic E-state index is 14.2. The van der Waals surface area contributed by atoms with Crippen LogP contribution in [0.15, 0.2) is 66.7 Å². The number of ether oxygens (including phenoxy) is 1. The van der Waals surface area contributed by atoms with Crippen molar-refractivity contribution in [2.45, 2.75) is 77.5 Å². The minimum atomic E-state index is -1.40. The van der Waals surface area contributed by atoms with Crippen LogP contribution in [0.3, 0.4) is 0 Å². The molecule has 0 aliphatic carbocycles. The molecule has 0 aromatic heterocycles. The zero-order chi connectivity index (χ0) is 31.6. The summed E-state index contributed by atoms with van der Waals surface area (Å²) in [5.41, 5.74) is 5.31. The molecule has 3 rings (SSSR count). The van der Waals surface area contributed by atoms with E-state index in [1.54, 1.807) is 45.0 Å². The van der Waals surface area contributed by atoms with Gasteiger partial charge in [0, 0.05) is 17.8 Å². The second-order valence-corrected chi connectivity index (χ2v) is 11.5. The number of anilines is 1. The number of amides is 4. The summed E-state index contributed by atoms with van der Waals surface area (Å²) >= 11 is 0. The summed E-state index contributed by atoms with van der Waals surface area (Å²) in [5.74, 6) is -2.28. The van der Waals surface area contributed by atoms with Crippen molar-refractivity contribution in [3.05, 3.63) is 72.3 Å². The number of carbonyl (C=O) groups is 4. The molecule has 2 atom stereocenters. The number of fused-ring (bicyclic) bond motifs is 1. The number of phenolic OH excluding ortho intramolecular Hbond substituents is 1. The van der Waals surface area contributed by atoms with Gasteiger partial charge in [-0.3, -0.25) is 14.4 Å². The standard InChI is InChI=1S/C33H42N4O6/c1-5-6-7-12-19-37(31(41)26(21-28(34)39)36-32(42)43-33(2,3)4)29(25-15-10-11-16-27(25)38)30(40)35-24-18-17-22-13-8-9-14-23(22)20-24/h8-11,13-18,20,26,29,38H,5-7,12,19,21H2,1-4H3,(H2,34,39)(H,35,40)(H,36,42). The first-order valence-electron chi connectivity index (χ1n) is 14.6. The largest absolute Gasteiger partial charge is 0.508 e. The highest BCUT2D eigenvalue weighted by molar-refractivity contribution is 6.01. The van der Waals surface area contributed by atoms with Crippen LogP contribution in [0.4, 0.5) is 10.5 Å². The Bertz CT molecular complexity index is 1430. The van der Waals surface area contributed by atoms with Gasteiger partial charge in [0.1, 0.15) is 23.4 Å². The predicted octanol–water partition coefficient (Wildman–Crippen LogP) is 5.40. The van der Waals surface area contributed by atoms with Crippen molar-refractivity contribution in [2.24, 2.45) is 5.73 Å². The van der Waals surface area contributed by atoms with Crippen LogP contribution in [0.2, 0.25) is 0 Å². The van der Waals surface area contributed by atoms with Gasteiger partial charge < -0.3 is 31.1 Å². The fraction of sp³-hybridized carbons (Fsp3) is 0.394. The molecule has 4 amide bonds. The van der Waals surface area contributed by atoms with Crippen molar-refractivity contribution in [3.63, 3.8) is 0 Å². The Balaban J connectivity index is 2.04. The van der Waals surface area contributed by atoms with E-state index < -0.39 is 47.9 Å². The highest BCUT2D eigenvalue weighted by Gasteiger charge is 2.38. The van der Waals surface area contributed by atoms with Gasteiger partial charge in [0.05, 0.1) is 6.42 Å². The number of benzene rings is 3. The van der Waals surface area contributed by atoms with E-state index in [0.717, 1.165) is 30.0 Å². The van der Waals surface area contributed by atoms with Gasteiger partial charge in [-0.1, -0.05) is 74.7 Å². The number of rotatable bonds is 13. The molecular formula is C33H42N4O6. The second kappa shape index (κ2) is 15.0. The molecule has 5 N–H and O–H groups in total. The minimum absolute atomic E-state index is 0.119. The third-order valence-corrected chi connectivity index (χ3v) is 6.74. The number of hydrogen-bond donors (Lipinski definition) is 4. The van der Waals surface area contributed by atoms with Gasteiger partial charge in [-0.05, 0) is 56.2 Å². The second-order valence-electron chi connectivity index (χ2n) is 11.5. The fourth-order valence-electron chi connectivity index (χ4n) is 4.77. The first-order chi connectivity index (χ1) is 20.4. The number of primary amides is 1. The number of alkyl carbamates (subject to hydrolysis) is 1. The Morgan fingerprint density at radius 1 is 0.930 bits per heavy atom. The number of unbranched alkanes of at least 4 members (excludes halogenated alkanes) is 3. The van der Waals surface area contributed by atoms with Crippen molar-refractivity contribution in [1.82, 2.24) is 10.2 Å². The van der Waals surface area contributed by atoms with Crippen LogP contribution in [0, 0.1) is 0 Å². The highest BCUT2D eigenvalue weighted by atomic mass is 16.6. The molecule has 0 spiro atoms.